The highest BCUT2D eigenvalue weighted by Gasteiger charge is 2.20. The highest BCUT2D eigenvalue weighted by Crippen LogP contribution is 2.18. The maximum Gasteiger partial charge on any atom is 0.508 e. The predicted molar refractivity (Wildman–Crippen MR) is 272 cm³/mol. The first kappa shape index (κ1) is 62.1. The average Bonchev–Trinajstić information content (AvgIpc) is 3.85. The lowest BCUT2D eigenvalue weighted by Crippen LogP contribution is -2.27. The summed E-state index contributed by atoms with van der Waals surface area (Å²) in [5, 5.41) is 0. The van der Waals surface area contributed by atoms with Gasteiger partial charge in [0.2, 0.25) is 0 Å². The van der Waals surface area contributed by atoms with Gasteiger partial charge in [0.15, 0.2) is 0 Å². The van der Waals surface area contributed by atoms with Crippen LogP contribution in [-0.2, 0) is 47.6 Å². The molecule has 0 aromatic heterocycles. The molecular weight excluding hydrogens is 863 g/mol. The number of hydrogen-bond acceptors (Lipinski definition) is 12. The number of carbonyl (C=O) groups excluding carboxylic acids is 5. The van der Waals surface area contributed by atoms with E-state index in [0.717, 1.165) is 122 Å². The minimum absolute atomic E-state index is 0.0813. The van der Waals surface area contributed by atoms with Crippen molar-refractivity contribution >= 4 is 30.0 Å². The summed E-state index contributed by atoms with van der Waals surface area (Å²) >= 11 is 0. The van der Waals surface area contributed by atoms with Gasteiger partial charge in [0.05, 0.1) is 12.5 Å². The molecule has 0 aromatic rings. The third-order valence-electron chi connectivity index (χ3n) is 11.8. The number of likely N-dealkylation sites (tertiary alicyclic amines) is 1. The number of rotatable bonds is 44. The standard InChI is InChI=1S/C56H95NO11/c1-5-9-13-17-23-34-50(35-24-18-14-10-6-2)67-54(60)40-29-21-27-38-52(58)64-46-49(48-66-56(62)63-45-33-44-57-42-31-32-43-57)47-65-53(59)39-28-22-30-41-55(61)68-51(36-25-19-15-11-7-3)37-26-20-16-12-8-4/h9-16,49-51H,5-8,17-48H2,1-4H3/b13-9-,14-10-,15-11-,16-12-. The Morgan fingerprint density at radius 1 is 0.426 bits per heavy atom. The molecule has 0 bridgehead atoms. The molecule has 1 aliphatic rings. The summed E-state index contributed by atoms with van der Waals surface area (Å²) in [5.41, 5.74) is 0. The molecule has 1 fully saturated rings. The minimum Gasteiger partial charge on any atom is -0.465 e. The first-order valence-electron chi connectivity index (χ1n) is 27.0. The average molecular weight is 958 g/mol. The van der Waals surface area contributed by atoms with E-state index in [1.54, 1.807) is 0 Å². The van der Waals surface area contributed by atoms with Crippen LogP contribution in [0.25, 0.3) is 0 Å². The van der Waals surface area contributed by atoms with E-state index in [2.05, 4.69) is 81.2 Å². The molecule has 0 radical (unpaired) electrons. The van der Waals surface area contributed by atoms with Gasteiger partial charge in [-0.1, -0.05) is 89.1 Å². The normalized spacial score (nSPS) is 13.3. The number of nitrogens with zero attached hydrogens (tertiary/aromatic N) is 1. The van der Waals surface area contributed by atoms with E-state index in [4.69, 9.17) is 28.4 Å². The molecule has 0 amide bonds. The van der Waals surface area contributed by atoms with Crippen LogP contribution in [-0.4, -0.2) is 93.2 Å². The quantitative estimate of drug-likeness (QED) is 0.0248. The largest absolute Gasteiger partial charge is 0.508 e. The van der Waals surface area contributed by atoms with E-state index < -0.39 is 24.0 Å². The van der Waals surface area contributed by atoms with Gasteiger partial charge in [-0.2, -0.15) is 0 Å². The summed E-state index contributed by atoms with van der Waals surface area (Å²) in [4.78, 5) is 65.7. The van der Waals surface area contributed by atoms with Crippen LogP contribution in [0.3, 0.4) is 0 Å². The van der Waals surface area contributed by atoms with Crippen LogP contribution in [0.5, 0.6) is 0 Å². The van der Waals surface area contributed by atoms with Crippen molar-refractivity contribution in [2.45, 2.75) is 226 Å². The molecule has 1 heterocycles. The van der Waals surface area contributed by atoms with E-state index in [1.807, 2.05) is 0 Å². The minimum atomic E-state index is -0.815. The van der Waals surface area contributed by atoms with Crippen LogP contribution in [0, 0.1) is 5.92 Å². The van der Waals surface area contributed by atoms with Crippen molar-refractivity contribution in [2.24, 2.45) is 5.92 Å². The Morgan fingerprint density at radius 3 is 1.18 bits per heavy atom. The van der Waals surface area contributed by atoms with Gasteiger partial charge in [-0.25, -0.2) is 4.79 Å². The van der Waals surface area contributed by atoms with Crippen molar-refractivity contribution in [3.63, 3.8) is 0 Å². The lowest BCUT2D eigenvalue weighted by molar-refractivity contribution is -0.151. The molecule has 12 heteroatoms. The van der Waals surface area contributed by atoms with E-state index in [-0.39, 0.29) is 63.4 Å². The zero-order valence-corrected chi connectivity index (χ0v) is 43.2. The number of carbonyl (C=O) groups is 5. The van der Waals surface area contributed by atoms with Gasteiger partial charge in [-0.15, -0.1) is 0 Å². The zero-order chi connectivity index (χ0) is 49.6. The molecule has 1 rings (SSSR count). The van der Waals surface area contributed by atoms with Crippen LogP contribution in [0.1, 0.15) is 214 Å². The van der Waals surface area contributed by atoms with Crippen LogP contribution in [0.2, 0.25) is 0 Å². The van der Waals surface area contributed by atoms with Crippen LogP contribution in [0.4, 0.5) is 4.79 Å². The van der Waals surface area contributed by atoms with Crippen molar-refractivity contribution in [1.82, 2.24) is 4.90 Å². The number of unbranched alkanes of at least 4 members (excludes halogenated alkanes) is 8. The Morgan fingerprint density at radius 2 is 0.794 bits per heavy atom. The number of esters is 4. The third-order valence-corrected chi connectivity index (χ3v) is 11.8. The summed E-state index contributed by atoms with van der Waals surface area (Å²) in [6, 6.07) is 0. The van der Waals surface area contributed by atoms with Crippen molar-refractivity contribution in [1.29, 1.82) is 0 Å². The molecule has 0 N–H and O–H groups in total. The molecule has 1 saturated heterocycles. The van der Waals surface area contributed by atoms with Gasteiger partial charge in [0.25, 0.3) is 0 Å². The molecule has 68 heavy (non-hydrogen) atoms. The van der Waals surface area contributed by atoms with Gasteiger partial charge in [0, 0.05) is 32.2 Å². The fraction of sp³-hybridized carbons (Fsp3) is 0.768. The number of allylic oxidation sites excluding steroid dienone is 8. The summed E-state index contributed by atoms with van der Waals surface area (Å²) < 4.78 is 33.5. The predicted octanol–water partition coefficient (Wildman–Crippen LogP) is 13.6. The zero-order valence-electron chi connectivity index (χ0n) is 43.2. The van der Waals surface area contributed by atoms with E-state index >= 15 is 0 Å². The Bertz CT molecular complexity index is 1280. The second-order valence-corrected chi connectivity index (χ2v) is 18.1. The second kappa shape index (κ2) is 45.5. The molecular formula is C56H95NO11. The van der Waals surface area contributed by atoms with E-state index in [9.17, 15) is 24.0 Å². The Kier molecular flexibility index (Phi) is 41.6. The summed E-state index contributed by atoms with van der Waals surface area (Å²) in [6.07, 6.45) is 39.5. The fourth-order valence-corrected chi connectivity index (χ4v) is 7.82. The molecule has 0 aliphatic carbocycles. The van der Waals surface area contributed by atoms with Gasteiger partial charge in [-0.3, -0.25) is 19.2 Å². The van der Waals surface area contributed by atoms with Crippen molar-refractivity contribution in [2.75, 3.05) is 46.1 Å². The van der Waals surface area contributed by atoms with Crippen molar-refractivity contribution in [3.8, 4) is 0 Å². The maximum atomic E-state index is 12.7. The van der Waals surface area contributed by atoms with Crippen molar-refractivity contribution < 1.29 is 52.4 Å². The smallest absolute Gasteiger partial charge is 0.465 e. The molecule has 0 spiro atoms. The van der Waals surface area contributed by atoms with Gasteiger partial charge >= 0.3 is 30.0 Å². The van der Waals surface area contributed by atoms with E-state index in [0.29, 0.717) is 57.8 Å². The van der Waals surface area contributed by atoms with E-state index in [1.165, 1.54) is 12.8 Å². The highest BCUT2D eigenvalue weighted by atomic mass is 16.7. The van der Waals surface area contributed by atoms with Gasteiger partial charge in [-0.05, 0) is 161 Å². The van der Waals surface area contributed by atoms with Gasteiger partial charge in [0.1, 0.15) is 32.0 Å². The summed E-state index contributed by atoms with van der Waals surface area (Å²) in [6.45, 7) is 11.4. The SMILES string of the molecule is CC/C=C\CCCC(CCC/C=C\CC)OC(=O)CCCCCC(=O)OCC(COC(=O)CCCCCC(=O)OC(CCC/C=C\CC)CCC/C=C\CC)COC(=O)OCCCN1CCCC1. The summed E-state index contributed by atoms with van der Waals surface area (Å²) in [7, 11) is 0. The van der Waals surface area contributed by atoms with Gasteiger partial charge < -0.3 is 33.3 Å². The molecule has 0 saturated carbocycles. The van der Waals surface area contributed by atoms with Crippen molar-refractivity contribution in [3.05, 3.63) is 48.6 Å². The van der Waals surface area contributed by atoms with Crippen LogP contribution >= 0.6 is 0 Å². The molecule has 390 valence electrons. The second-order valence-electron chi connectivity index (χ2n) is 18.1. The molecule has 0 atom stereocenters. The molecule has 0 aromatic carbocycles. The topological polar surface area (TPSA) is 144 Å². The first-order chi connectivity index (χ1) is 33.2. The molecule has 0 unspecified atom stereocenters. The first-order valence-corrected chi connectivity index (χ1v) is 27.0. The number of hydrogen-bond donors (Lipinski definition) is 0. The highest BCUT2D eigenvalue weighted by molar-refractivity contribution is 5.71. The Labute approximate surface area is 412 Å². The summed E-state index contributed by atoms with van der Waals surface area (Å²) in [5.74, 6) is -1.80. The molecule has 1 aliphatic heterocycles. The van der Waals surface area contributed by atoms with Crippen LogP contribution in [0.15, 0.2) is 48.6 Å². The number of ether oxygens (including phenoxy) is 6. The molecule has 12 nitrogen and oxygen atoms in total. The lowest BCUT2D eigenvalue weighted by Gasteiger charge is -2.18. The third kappa shape index (κ3) is 39.0. The van der Waals surface area contributed by atoms with Crippen LogP contribution < -0.4 is 0 Å². The monoisotopic (exact) mass is 958 g/mol. The fourth-order valence-electron chi connectivity index (χ4n) is 7.82. The maximum absolute atomic E-state index is 12.7. The Hall–Kier alpha value is -3.93. The Balaban J connectivity index is 2.54. The lowest BCUT2D eigenvalue weighted by atomic mass is 10.0.